The van der Waals surface area contributed by atoms with Crippen LogP contribution in [0.1, 0.15) is 31.0 Å². The van der Waals surface area contributed by atoms with Crippen LogP contribution >= 0.6 is 23.2 Å². The summed E-state index contributed by atoms with van der Waals surface area (Å²) < 4.78 is 39.4. The number of ether oxygens (including phenoxy) is 2. The van der Waals surface area contributed by atoms with Gasteiger partial charge in [0, 0.05) is 24.8 Å². The number of nitrogens with zero attached hydrogens (tertiary/aromatic N) is 2. The molecule has 210 valence electrons. The standard InChI is InChI=1S/C29H26Cl2F2N2O5/c1-5-34(6-2)17-10-7-15(8-11-17)24-22(25(36)18-14-19(30)28(40-4)23(31)27(18)39-3)26(37)29(38)35(24)21-12-9-16(32)13-20(21)33/h7-14,24,36H,5-6H2,1-4H3/b25-22+. The summed E-state index contributed by atoms with van der Waals surface area (Å²) in [5.74, 6) is -4.75. The molecule has 1 amide bonds. The Kier molecular flexibility index (Phi) is 8.56. The van der Waals surface area contributed by atoms with Crippen LogP contribution in [0.2, 0.25) is 10.0 Å². The number of amides is 1. The van der Waals surface area contributed by atoms with Gasteiger partial charge in [-0.2, -0.15) is 0 Å². The Labute approximate surface area is 240 Å². The predicted molar refractivity (Wildman–Crippen MR) is 151 cm³/mol. The maximum Gasteiger partial charge on any atom is 0.300 e. The highest BCUT2D eigenvalue weighted by molar-refractivity contribution is 6.52. The first-order valence-corrected chi connectivity index (χ1v) is 13.1. The Bertz CT molecular complexity index is 1510. The minimum Gasteiger partial charge on any atom is -0.507 e. The number of rotatable bonds is 8. The van der Waals surface area contributed by atoms with E-state index in [0.29, 0.717) is 11.6 Å². The van der Waals surface area contributed by atoms with Crippen molar-refractivity contribution in [1.82, 2.24) is 0 Å². The van der Waals surface area contributed by atoms with Crippen molar-refractivity contribution < 1.29 is 33.0 Å². The molecular formula is C29H26Cl2F2N2O5. The van der Waals surface area contributed by atoms with Crippen molar-refractivity contribution in [2.75, 3.05) is 37.1 Å². The van der Waals surface area contributed by atoms with Gasteiger partial charge in [-0.1, -0.05) is 35.3 Å². The van der Waals surface area contributed by atoms with Crippen LogP contribution in [0.15, 0.2) is 54.1 Å². The fourth-order valence-electron chi connectivity index (χ4n) is 4.82. The van der Waals surface area contributed by atoms with Gasteiger partial charge in [0.15, 0.2) is 11.5 Å². The SMILES string of the molecule is CCN(CC)c1ccc(C2/C(=C(\O)c3cc(Cl)c(OC)c(Cl)c3OC)C(=O)C(=O)N2c2ccc(F)cc2F)cc1. The molecule has 0 spiro atoms. The third-order valence-corrected chi connectivity index (χ3v) is 7.37. The van der Waals surface area contributed by atoms with Gasteiger partial charge in [-0.05, 0) is 49.7 Å². The summed E-state index contributed by atoms with van der Waals surface area (Å²) in [7, 11) is 2.64. The zero-order chi connectivity index (χ0) is 29.3. The number of ketones is 1. The largest absolute Gasteiger partial charge is 0.507 e. The second-order valence-corrected chi connectivity index (χ2v) is 9.60. The van der Waals surface area contributed by atoms with Gasteiger partial charge in [0.05, 0.1) is 42.1 Å². The van der Waals surface area contributed by atoms with Crippen molar-refractivity contribution in [3.63, 3.8) is 0 Å². The highest BCUT2D eigenvalue weighted by Gasteiger charge is 2.48. The second kappa shape index (κ2) is 11.7. The Morgan fingerprint density at radius 1 is 0.975 bits per heavy atom. The number of methoxy groups -OCH3 is 2. The molecule has 0 radical (unpaired) electrons. The molecule has 1 atom stereocenters. The fourth-order valence-corrected chi connectivity index (χ4v) is 5.51. The molecule has 3 aromatic carbocycles. The summed E-state index contributed by atoms with van der Waals surface area (Å²) in [5.41, 5.74) is 0.498. The molecule has 7 nitrogen and oxygen atoms in total. The maximum absolute atomic E-state index is 15.0. The van der Waals surface area contributed by atoms with E-state index in [0.717, 1.165) is 35.8 Å². The van der Waals surface area contributed by atoms with Crippen LogP contribution < -0.4 is 19.3 Å². The number of anilines is 2. The number of carbonyl (C=O) groups excluding carboxylic acids is 2. The number of Topliss-reactive ketones (excluding diaryl/α,β-unsaturated/α-hetero) is 1. The van der Waals surface area contributed by atoms with Crippen molar-refractivity contribution >= 4 is 52.0 Å². The van der Waals surface area contributed by atoms with Gasteiger partial charge in [-0.25, -0.2) is 8.78 Å². The molecule has 1 N–H and O–H groups in total. The van der Waals surface area contributed by atoms with Crippen LogP contribution in [0.4, 0.5) is 20.2 Å². The van der Waals surface area contributed by atoms with Crippen LogP contribution in [0, 0.1) is 11.6 Å². The Morgan fingerprint density at radius 2 is 1.60 bits per heavy atom. The molecule has 1 fully saturated rings. The maximum atomic E-state index is 15.0. The Morgan fingerprint density at radius 3 is 2.15 bits per heavy atom. The van der Waals surface area contributed by atoms with Gasteiger partial charge >= 0.3 is 0 Å². The average Bonchev–Trinajstić information content (AvgIpc) is 3.19. The molecule has 1 aliphatic heterocycles. The van der Waals surface area contributed by atoms with E-state index in [1.807, 2.05) is 13.8 Å². The van der Waals surface area contributed by atoms with Gasteiger partial charge in [-0.3, -0.25) is 14.5 Å². The normalized spacial score (nSPS) is 16.4. The second-order valence-electron chi connectivity index (χ2n) is 8.82. The third-order valence-electron chi connectivity index (χ3n) is 6.75. The van der Waals surface area contributed by atoms with Crippen LogP contribution in [-0.2, 0) is 9.59 Å². The summed E-state index contributed by atoms with van der Waals surface area (Å²) >= 11 is 12.7. The summed E-state index contributed by atoms with van der Waals surface area (Å²) in [6.45, 7) is 5.49. The van der Waals surface area contributed by atoms with Gasteiger partial charge < -0.3 is 19.5 Å². The molecule has 0 bridgehead atoms. The minimum atomic E-state index is -1.28. The molecule has 11 heteroatoms. The first kappa shape index (κ1) is 29.2. The smallest absolute Gasteiger partial charge is 0.300 e. The molecule has 1 heterocycles. The summed E-state index contributed by atoms with van der Waals surface area (Å²) in [6, 6.07) is 9.60. The van der Waals surface area contributed by atoms with Gasteiger partial charge in [0.1, 0.15) is 22.4 Å². The molecule has 40 heavy (non-hydrogen) atoms. The van der Waals surface area contributed by atoms with E-state index in [1.54, 1.807) is 24.3 Å². The Balaban J connectivity index is 2.00. The van der Waals surface area contributed by atoms with Crippen LogP contribution in [0.5, 0.6) is 11.5 Å². The number of aliphatic hydroxyl groups excluding tert-OH is 1. The highest BCUT2D eigenvalue weighted by Crippen LogP contribution is 2.48. The van der Waals surface area contributed by atoms with E-state index in [-0.39, 0.29) is 38.4 Å². The quantitative estimate of drug-likeness (QED) is 0.177. The van der Waals surface area contributed by atoms with Crippen LogP contribution in [-0.4, -0.2) is 44.1 Å². The molecular weight excluding hydrogens is 565 g/mol. The number of benzene rings is 3. The molecule has 0 aromatic heterocycles. The first-order valence-electron chi connectivity index (χ1n) is 12.3. The number of aliphatic hydroxyl groups is 1. The van der Waals surface area contributed by atoms with Gasteiger partial charge in [0.25, 0.3) is 11.7 Å². The van der Waals surface area contributed by atoms with Crippen molar-refractivity contribution in [3.8, 4) is 11.5 Å². The van der Waals surface area contributed by atoms with Gasteiger partial charge in [-0.15, -0.1) is 0 Å². The lowest BCUT2D eigenvalue weighted by atomic mass is 9.94. The predicted octanol–water partition coefficient (Wildman–Crippen LogP) is 6.76. The van der Waals surface area contributed by atoms with Crippen molar-refractivity contribution in [1.29, 1.82) is 0 Å². The molecule has 0 aliphatic carbocycles. The molecule has 3 aromatic rings. The summed E-state index contributed by atoms with van der Waals surface area (Å²) in [6.07, 6.45) is 0. The minimum absolute atomic E-state index is 0.00813. The van der Waals surface area contributed by atoms with Crippen molar-refractivity contribution in [3.05, 3.63) is 86.9 Å². The van der Waals surface area contributed by atoms with E-state index in [2.05, 4.69) is 4.90 Å². The zero-order valence-electron chi connectivity index (χ0n) is 22.1. The van der Waals surface area contributed by atoms with E-state index in [9.17, 15) is 19.1 Å². The molecule has 0 saturated carbocycles. The lowest BCUT2D eigenvalue weighted by Crippen LogP contribution is -2.30. The lowest BCUT2D eigenvalue weighted by Gasteiger charge is -2.27. The van der Waals surface area contributed by atoms with Crippen molar-refractivity contribution in [2.45, 2.75) is 19.9 Å². The van der Waals surface area contributed by atoms with E-state index in [4.69, 9.17) is 32.7 Å². The topological polar surface area (TPSA) is 79.3 Å². The molecule has 1 unspecified atom stereocenters. The van der Waals surface area contributed by atoms with E-state index < -0.39 is 35.1 Å². The average molecular weight is 591 g/mol. The zero-order valence-corrected chi connectivity index (χ0v) is 23.6. The number of hydrogen-bond acceptors (Lipinski definition) is 6. The van der Waals surface area contributed by atoms with Crippen LogP contribution in [0.3, 0.4) is 0 Å². The highest BCUT2D eigenvalue weighted by atomic mass is 35.5. The molecule has 1 saturated heterocycles. The van der Waals surface area contributed by atoms with E-state index in [1.165, 1.54) is 20.3 Å². The molecule has 1 aliphatic rings. The third kappa shape index (κ3) is 4.95. The number of hydrogen-bond donors (Lipinski definition) is 1. The first-order chi connectivity index (χ1) is 19.1. The summed E-state index contributed by atoms with van der Waals surface area (Å²) in [4.78, 5) is 29.9. The fraction of sp³-hybridized carbons (Fsp3) is 0.241. The van der Waals surface area contributed by atoms with Gasteiger partial charge in [0.2, 0.25) is 0 Å². The number of halogens is 4. The van der Waals surface area contributed by atoms with E-state index >= 15 is 4.39 Å². The lowest BCUT2D eigenvalue weighted by molar-refractivity contribution is -0.132. The van der Waals surface area contributed by atoms with Crippen molar-refractivity contribution in [2.24, 2.45) is 0 Å². The molecule has 4 rings (SSSR count). The van der Waals surface area contributed by atoms with Crippen LogP contribution in [0.25, 0.3) is 5.76 Å². The number of carbonyl (C=O) groups is 2. The monoisotopic (exact) mass is 590 g/mol. The summed E-state index contributed by atoms with van der Waals surface area (Å²) in [5, 5.41) is 11.5. The Hall–Kier alpha value is -3.82.